The first-order valence-corrected chi connectivity index (χ1v) is 42.1. The number of nitrogens with zero attached hydrogens (tertiary/aromatic N) is 6. The van der Waals surface area contributed by atoms with Crippen molar-refractivity contribution in [1.82, 2.24) is 40.6 Å². The molecule has 16 heteroatoms. The molecule has 2 N–H and O–H groups in total. The van der Waals surface area contributed by atoms with Gasteiger partial charge in [0.2, 0.25) is 0 Å². The maximum Gasteiger partial charge on any atom is 0.266 e. The number of nitrogens with one attached hydrogen (secondary N) is 2. The smallest absolute Gasteiger partial charge is 0.266 e. The van der Waals surface area contributed by atoms with E-state index in [1.807, 2.05) is 48.7 Å². The molecule has 7 aromatic carbocycles. The molecule has 10 nitrogen and oxygen atoms in total. The molecular formula is C88H90N8O2S6. The summed E-state index contributed by atoms with van der Waals surface area (Å²) < 4.78 is 1.13. The second kappa shape index (κ2) is 31.2. The van der Waals surface area contributed by atoms with Crippen molar-refractivity contribution in [3.05, 3.63) is 233 Å². The number of hydrogen-bond acceptors (Lipinski definition) is 12. The summed E-state index contributed by atoms with van der Waals surface area (Å²) in [5.41, 5.74) is 22.7. The highest BCUT2D eigenvalue weighted by molar-refractivity contribution is 8.27. The van der Waals surface area contributed by atoms with Crippen molar-refractivity contribution in [2.24, 2.45) is 0 Å². The molecular weight excluding hydrogens is 1390 g/mol. The molecule has 0 unspecified atom stereocenters. The van der Waals surface area contributed by atoms with Gasteiger partial charge in [-0.25, -0.2) is 0 Å². The van der Waals surface area contributed by atoms with Crippen LogP contribution in [0.2, 0.25) is 0 Å². The molecule has 2 amide bonds. The predicted molar refractivity (Wildman–Crippen MR) is 445 cm³/mol. The lowest BCUT2D eigenvalue weighted by Crippen LogP contribution is -2.30. The quantitative estimate of drug-likeness (QED) is 0.0255. The number of benzene rings is 7. The fraction of sp³-hybridized carbons (Fsp3) is 0.341. The lowest BCUT2D eigenvalue weighted by Gasteiger charge is -2.36. The van der Waals surface area contributed by atoms with Gasteiger partial charge >= 0.3 is 0 Å². The van der Waals surface area contributed by atoms with Crippen molar-refractivity contribution in [1.29, 1.82) is 0 Å². The van der Waals surface area contributed by atoms with Crippen molar-refractivity contribution in [2.45, 2.75) is 181 Å². The van der Waals surface area contributed by atoms with Crippen LogP contribution in [0, 0.1) is 0 Å². The first-order chi connectivity index (χ1) is 50.9. The number of thiocarbonyl (C=S) groups is 2. The fourth-order valence-electron chi connectivity index (χ4n) is 16.5. The number of hydrogen-bond donors (Lipinski definition) is 2. The average molecular weight is 1480 g/mol. The summed E-state index contributed by atoms with van der Waals surface area (Å²) in [6.45, 7) is 14.1. The summed E-state index contributed by atoms with van der Waals surface area (Å²) in [7, 11) is 0. The van der Waals surface area contributed by atoms with Gasteiger partial charge in [0.25, 0.3) is 11.8 Å². The third-order valence-corrected chi connectivity index (χ3v) is 27.2. The van der Waals surface area contributed by atoms with E-state index in [1.54, 1.807) is 9.80 Å². The number of carbonyl (C=O) groups excluding carboxylic acids is 2. The number of amides is 2. The van der Waals surface area contributed by atoms with Crippen LogP contribution >= 0.6 is 70.6 Å². The fourth-order valence-corrected chi connectivity index (χ4v) is 21.8. The number of rotatable bonds is 30. The SMILES string of the molecule is CCCCCCc1ccc(C2(c3ccc(CCCCCC)cc3)c3cc4c(cc3-c3sc(-c5ccc(/C=C6\SC(=S)N(CC)C6=O)c6n[nH]nc56)cc32)C(c2ccc(CCCCCC)cc2)(c2ccc(CCCCCC)cc2)c2cc(-c3ccc(/C=C5/SC(=S)N(CC)C5=O)c5n[nH]nc35)sc2-4)cc1. The molecule has 0 radical (unpaired) electrons. The van der Waals surface area contributed by atoms with E-state index in [1.165, 1.54) is 188 Å². The second-order valence-electron chi connectivity index (χ2n) is 28.5. The third kappa shape index (κ3) is 13.0. The zero-order valence-corrected chi connectivity index (χ0v) is 65.4. The Morgan fingerprint density at radius 3 is 0.990 bits per heavy atom. The van der Waals surface area contributed by atoms with E-state index < -0.39 is 10.8 Å². The number of carbonyl (C=O) groups is 2. The van der Waals surface area contributed by atoms with Gasteiger partial charge in [0, 0.05) is 54.9 Å². The molecule has 4 aromatic heterocycles. The van der Waals surface area contributed by atoms with Gasteiger partial charge in [-0.1, -0.05) is 274 Å². The van der Waals surface area contributed by atoms with Crippen LogP contribution in [0.25, 0.3) is 76.0 Å². The first-order valence-electron chi connectivity index (χ1n) is 38.0. The van der Waals surface area contributed by atoms with Crippen LogP contribution in [0.5, 0.6) is 0 Å². The number of thioether (sulfide) groups is 2. The molecule has 4 aliphatic rings. The lowest BCUT2D eigenvalue weighted by atomic mass is 9.65. The number of unbranched alkanes of at least 4 members (excludes halogenated alkanes) is 12. The van der Waals surface area contributed by atoms with Crippen molar-refractivity contribution >= 4 is 125 Å². The van der Waals surface area contributed by atoms with Gasteiger partial charge in [-0.05, 0) is 180 Å². The summed E-state index contributed by atoms with van der Waals surface area (Å²) in [6, 6.07) is 57.7. The summed E-state index contributed by atoms with van der Waals surface area (Å²) in [6.07, 6.45) is 27.2. The molecule has 0 bridgehead atoms. The zero-order chi connectivity index (χ0) is 71.6. The van der Waals surface area contributed by atoms with Gasteiger partial charge in [-0.3, -0.25) is 19.4 Å². The summed E-state index contributed by atoms with van der Waals surface area (Å²) in [5, 5.41) is 25.5. The van der Waals surface area contributed by atoms with E-state index in [-0.39, 0.29) is 11.8 Å². The first kappa shape index (κ1) is 71.6. The van der Waals surface area contributed by atoms with E-state index in [4.69, 9.17) is 44.8 Å². The van der Waals surface area contributed by atoms with Gasteiger partial charge in [-0.15, -0.1) is 22.7 Å². The maximum absolute atomic E-state index is 13.7. The molecule has 0 atom stereocenters. The number of aromatic nitrogens is 6. The summed E-state index contributed by atoms with van der Waals surface area (Å²) >= 11 is 17.7. The largest absolute Gasteiger partial charge is 0.293 e. The van der Waals surface area contributed by atoms with Crippen LogP contribution in [-0.2, 0) is 46.1 Å². The molecule has 15 rings (SSSR count). The second-order valence-corrected chi connectivity index (χ2v) is 33.9. The van der Waals surface area contributed by atoms with Gasteiger partial charge in [0.05, 0.1) is 20.6 Å². The van der Waals surface area contributed by atoms with Crippen LogP contribution in [0.1, 0.15) is 222 Å². The Labute approximate surface area is 639 Å². The van der Waals surface area contributed by atoms with Gasteiger partial charge in [0.1, 0.15) is 30.7 Å². The zero-order valence-electron chi connectivity index (χ0n) is 60.5. The minimum Gasteiger partial charge on any atom is -0.293 e. The van der Waals surface area contributed by atoms with Crippen molar-refractivity contribution in [3.63, 3.8) is 0 Å². The highest BCUT2D eigenvalue weighted by Gasteiger charge is 2.53. The van der Waals surface area contributed by atoms with Crippen LogP contribution in [0.3, 0.4) is 0 Å². The molecule has 0 spiro atoms. The number of aromatic amines is 2. The van der Waals surface area contributed by atoms with E-state index in [0.29, 0.717) is 42.6 Å². The molecule has 2 fully saturated rings. The van der Waals surface area contributed by atoms with Crippen LogP contribution in [0.15, 0.2) is 155 Å². The van der Waals surface area contributed by atoms with Crippen molar-refractivity contribution in [3.8, 4) is 41.8 Å². The number of fused-ring (bicyclic) bond motifs is 8. The Kier molecular flexibility index (Phi) is 21.5. The minimum absolute atomic E-state index is 0.0849. The molecule has 6 heterocycles. The molecule has 2 aliphatic carbocycles. The Balaban J connectivity index is 0.986. The lowest BCUT2D eigenvalue weighted by molar-refractivity contribution is -0.122. The predicted octanol–water partition coefficient (Wildman–Crippen LogP) is 23.3. The summed E-state index contributed by atoms with van der Waals surface area (Å²) in [4.78, 5) is 36.5. The monoisotopic (exact) mass is 1480 g/mol. The number of thiophene rings is 2. The summed E-state index contributed by atoms with van der Waals surface area (Å²) in [5.74, 6) is -0.170. The van der Waals surface area contributed by atoms with E-state index in [2.05, 4.69) is 184 Å². The van der Waals surface area contributed by atoms with E-state index in [9.17, 15) is 9.59 Å². The number of H-pyrrole nitrogens is 2. The van der Waals surface area contributed by atoms with Crippen molar-refractivity contribution in [2.75, 3.05) is 13.1 Å². The maximum atomic E-state index is 13.7. The molecule has 0 saturated carbocycles. The average Bonchev–Trinajstić information content (AvgIpc) is 1.50. The molecule has 104 heavy (non-hydrogen) atoms. The highest BCUT2D eigenvalue weighted by Crippen LogP contribution is 2.66. The Bertz CT molecular complexity index is 4680. The Morgan fingerprint density at radius 1 is 0.375 bits per heavy atom. The van der Waals surface area contributed by atoms with E-state index in [0.717, 1.165) is 94.4 Å². The van der Waals surface area contributed by atoms with Crippen LogP contribution in [-0.4, -0.2) is 74.2 Å². The standard InChI is InChI=1S/C88H90N8O2S6/c1-7-13-17-21-25-55-29-39-61(40-30-55)87(62-41-31-56(32-42-62)26-22-18-14-8-2)69-51-68-70(52-67(69)81-71(87)53-73(101-81)65-47-37-59(77-79(65)91-93-89-77)49-75-83(97)95(11-5)85(99)103-75)88(63-43-33-57(34-44-63)27-23-19-15-9-3,64-45-35-58(36-46-64)28-24-20-16-10-4)72-54-74(102-82(68)72)66-48-38-60(78-80(66)92-94-90-78)50-76-84(98)96(12-6)86(100)104-76/h29-54H,7-28H2,1-6H3,(H,89,91,93)(H,90,92,94)/b75-49-,76-50+. The van der Waals surface area contributed by atoms with E-state index >= 15 is 0 Å². The highest BCUT2D eigenvalue weighted by atomic mass is 32.2. The van der Waals surface area contributed by atoms with Gasteiger partial charge < -0.3 is 0 Å². The molecule has 2 aliphatic heterocycles. The van der Waals surface area contributed by atoms with Gasteiger partial charge in [0.15, 0.2) is 0 Å². The van der Waals surface area contributed by atoms with Crippen LogP contribution in [0.4, 0.5) is 0 Å². The molecule has 2 saturated heterocycles. The topological polar surface area (TPSA) is 124 Å². The van der Waals surface area contributed by atoms with Crippen LogP contribution < -0.4 is 0 Å². The number of likely N-dealkylation sites (N-methyl/N-ethyl adjacent to an activating group) is 2. The Hall–Kier alpha value is -7.96. The minimum atomic E-state index is -0.773. The number of aryl methyl sites for hydroxylation is 4. The molecule has 530 valence electrons. The third-order valence-electron chi connectivity index (χ3n) is 22.0. The Morgan fingerprint density at radius 2 is 0.692 bits per heavy atom. The molecule has 11 aromatic rings. The van der Waals surface area contributed by atoms with Crippen molar-refractivity contribution < 1.29 is 9.59 Å². The normalized spacial score (nSPS) is 15.8. The van der Waals surface area contributed by atoms with Gasteiger partial charge in [-0.2, -0.15) is 30.8 Å².